The van der Waals surface area contributed by atoms with Crippen LogP contribution in [0.1, 0.15) is 17.7 Å². The molecule has 2 fully saturated rings. The van der Waals surface area contributed by atoms with Gasteiger partial charge in [-0.25, -0.2) is 4.68 Å². The number of piperidine rings is 1. The number of aromatic nitrogens is 2. The molecule has 0 amide bonds. The fourth-order valence-electron chi connectivity index (χ4n) is 4.31. The number of nitrogens with zero attached hydrogens (tertiary/aromatic N) is 3. The number of hydrazine groups is 1. The molecule has 1 aromatic carbocycles. The zero-order valence-corrected chi connectivity index (χ0v) is 15.4. The monoisotopic (exact) mass is 357 g/mol. The number of hydrogen-bond acceptors (Lipinski definition) is 5. The molecule has 2 aromatic rings. The largest absolute Gasteiger partial charge is 0.395 e. The summed E-state index contributed by atoms with van der Waals surface area (Å²) in [5.74, 6) is 0.370. The van der Waals surface area contributed by atoms with Gasteiger partial charge in [-0.2, -0.15) is 0 Å². The third kappa shape index (κ3) is 2.91. The first-order chi connectivity index (χ1) is 12.6. The van der Waals surface area contributed by atoms with E-state index in [2.05, 4.69) is 15.8 Å². The van der Waals surface area contributed by atoms with Crippen LogP contribution in [0.25, 0.3) is 5.69 Å². The fourth-order valence-corrected chi connectivity index (χ4v) is 4.31. The first kappa shape index (κ1) is 17.5. The molecule has 0 bridgehead atoms. The second kappa shape index (κ2) is 7.00. The lowest BCUT2D eigenvalue weighted by Crippen LogP contribution is -2.47. The van der Waals surface area contributed by atoms with E-state index < -0.39 is 0 Å². The van der Waals surface area contributed by atoms with E-state index in [4.69, 9.17) is 0 Å². The summed E-state index contributed by atoms with van der Waals surface area (Å²) in [5.41, 5.74) is 9.29. The number of nitrogens with one attached hydrogen (secondary N) is 2. The van der Waals surface area contributed by atoms with Crippen LogP contribution in [0.2, 0.25) is 0 Å². The molecule has 3 atom stereocenters. The van der Waals surface area contributed by atoms with E-state index in [1.165, 1.54) is 0 Å². The molecule has 0 aliphatic carbocycles. The molecule has 4 rings (SSSR count). The Kier molecular flexibility index (Phi) is 4.71. The number of aliphatic hydroxyl groups is 1. The van der Waals surface area contributed by atoms with Crippen LogP contribution in [0, 0.1) is 12.8 Å². The zero-order chi connectivity index (χ0) is 18.3. The van der Waals surface area contributed by atoms with Crippen LogP contribution in [-0.2, 0) is 13.6 Å². The number of aliphatic hydroxyl groups excluding tert-OH is 1. The van der Waals surface area contributed by atoms with Crippen molar-refractivity contribution in [2.45, 2.75) is 32.0 Å². The first-order valence-corrected chi connectivity index (χ1v) is 9.27. The van der Waals surface area contributed by atoms with Gasteiger partial charge in [-0.05, 0) is 25.5 Å². The molecule has 7 heteroatoms. The molecule has 1 aromatic heterocycles. The average molecular weight is 357 g/mol. The maximum Gasteiger partial charge on any atom is 0.276 e. The van der Waals surface area contributed by atoms with E-state index in [0.29, 0.717) is 18.5 Å². The Hall–Kier alpha value is -1.93. The molecular formula is C19H27N5O2. The summed E-state index contributed by atoms with van der Waals surface area (Å²) < 4.78 is 3.68. The lowest BCUT2D eigenvalue weighted by molar-refractivity contribution is 0.129. The van der Waals surface area contributed by atoms with Gasteiger partial charge in [0.05, 0.1) is 17.9 Å². The molecule has 3 unspecified atom stereocenters. The highest BCUT2D eigenvalue weighted by Gasteiger charge is 2.39. The second-order valence-electron chi connectivity index (χ2n) is 7.41. The van der Waals surface area contributed by atoms with Gasteiger partial charge in [-0.3, -0.25) is 25.2 Å². The Morgan fingerprint density at radius 1 is 1.23 bits per heavy atom. The molecule has 2 aliphatic heterocycles. The number of rotatable bonds is 4. The van der Waals surface area contributed by atoms with Gasteiger partial charge >= 0.3 is 0 Å². The topological polar surface area (TPSA) is 74.5 Å². The number of likely N-dealkylation sites (tertiary alicyclic amines) is 1. The highest BCUT2D eigenvalue weighted by Crippen LogP contribution is 2.25. The summed E-state index contributed by atoms with van der Waals surface area (Å²) in [6, 6.07) is 10.3. The first-order valence-electron chi connectivity index (χ1n) is 9.27. The molecule has 0 spiro atoms. The van der Waals surface area contributed by atoms with Gasteiger partial charge < -0.3 is 5.11 Å². The van der Waals surface area contributed by atoms with Crippen molar-refractivity contribution in [2.75, 3.05) is 19.7 Å². The molecule has 7 nitrogen and oxygen atoms in total. The van der Waals surface area contributed by atoms with E-state index in [1.54, 1.807) is 4.68 Å². The van der Waals surface area contributed by atoms with E-state index in [1.807, 2.05) is 49.0 Å². The Bertz CT molecular complexity index is 822. The number of fused-ring (bicyclic) bond motifs is 1. The molecule has 0 radical (unpaired) electrons. The van der Waals surface area contributed by atoms with Crippen LogP contribution in [0.5, 0.6) is 0 Å². The summed E-state index contributed by atoms with van der Waals surface area (Å²) in [7, 11) is 1.94. The van der Waals surface area contributed by atoms with Crippen molar-refractivity contribution in [3.05, 3.63) is 51.9 Å². The van der Waals surface area contributed by atoms with E-state index in [-0.39, 0.29) is 18.2 Å². The van der Waals surface area contributed by atoms with Crippen LogP contribution in [0.15, 0.2) is 35.1 Å². The lowest BCUT2D eigenvalue weighted by atomic mass is 9.88. The second-order valence-corrected chi connectivity index (χ2v) is 7.41. The minimum atomic E-state index is 0.0553. The molecule has 0 saturated carbocycles. The fraction of sp³-hybridized carbons (Fsp3) is 0.526. The third-order valence-corrected chi connectivity index (χ3v) is 5.96. The van der Waals surface area contributed by atoms with Crippen molar-refractivity contribution < 1.29 is 5.11 Å². The van der Waals surface area contributed by atoms with Gasteiger partial charge in [0.15, 0.2) is 0 Å². The van der Waals surface area contributed by atoms with E-state index in [0.717, 1.165) is 36.5 Å². The molecule has 3 N–H and O–H groups in total. The predicted molar refractivity (Wildman–Crippen MR) is 100 cm³/mol. The van der Waals surface area contributed by atoms with Crippen molar-refractivity contribution in [1.29, 1.82) is 0 Å². The summed E-state index contributed by atoms with van der Waals surface area (Å²) in [5, 5.41) is 9.56. The van der Waals surface area contributed by atoms with Gasteiger partial charge in [0.25, 0.3) is 5.56 Å². The average Bonchev–Trinajstić information content (AvgIpc) is 3.16. The van der Waals surface area contributed by atoms with Crippen molar-refractivity contribution >= 4 is 0 Å². The number of hydrogen-bond donors (Lipinski definition) is 3. The normalized spacial score (nSPS) is 26.2. The van der Waals surface area contributed by atoms with Gasteiger partial charge in [0, 0.05) is 50.4 Å². The Balaban J connectivity index is 1.59. The van der Waals surface area contributed by atoms with Crippen LogP contribution in [0.3, 0.4) is 0 Å². The molecule has 26 heavy (non-hydrogen) atoms. The standard InChI is InChI=1S/C19H27N5O2/c1-13-15(19(26)24(22(13)2)14-6-4-3-5-7-14)10-23-9-8-17-16(11-23)18(12-25)21-20-17/h3-7,16-18,20-21,25H,8-12H2,1-2H3. The van der Waals surface area contributed by atoms with Crippen molar-refractivity contribution in [2.24, 2.45) is 13.0 Å². The Morgan fingerprint density at radius 3 is 2.73 bits per heavy atom. The summed E-state index contributed by atoms with van der Waals surface area (Å²) in [6.45, 7) is 4.63. The smallest absolute Gasteiger partial charge is 0.276 e. The minimum absolute atomic E-state index is 0.0553. The van der Waals surface area contributed by atoms with Gasteiger partial charge in [0.2, 0.25) is 0 Å². The SMILES string of the molecule is Cc1c(CN2CCC3NNC(CO)C3C2)c(=O)n(-c2ccccc2)n1C. The highest BCUT2D eigenvalue weighted by molar-refractivity contribution is 5.33. The van der Waals surface area contributed by atoms with Crippen LogP contribution < -0.4 is 16.4 Å². The summed E-state index contributed by atoms with van der Waals surface area (Å²) in [4.78, 5) is 15.4. The Labute approximate surface area is 153 Å². The van der Waals surface area contributed by atoms with E-state index in [9.17, 15) is 9.90 Å². The van der Waals surface area contributed by atoms with Crippen LogP contribution in [0.4, 0.5) is 0 Å². The molecule has 2 aliphatic rings. The van der Waals surface area contributed by atoms with E-state index >= 15 is 0 Å². The molecule has 3 heterocycles. The quantitative estimate of drug-likeness (QED) is 0.726. The summed E-state index contributed by atoms with van der Waals surface area (Å²) >= 11 is 0. The molecule has 140 valence electrons. The maximum absolute atomic E-state index is 13.1. The van der Waals surface area contributed by atoms with Crippen molar-refractivity contribution in [3.63, 3.8) is 0 Å². The predicted octanol–water partition coefficient (Wildman–Crippen LogP) is 0.144. The number of para-hydroxylation sites is 1. The lowest BCUT2D eigenvalue weighted by Gasteiger charge is -2.35. The summed E-state index contributed by atoms with van der Waals surface area (Å²) in [6.07, 6.45) is 1.02. The highest BCUT2D eigenvalue weighted by atomic mass is 16.3. The van der Waals surface area contributed by atoms with Gasteiger partial charge in [-0.15, -0.1) is 0 Å². The molecule has 2 saturated heterocycles. The maximum atomic E-state index is 13.1. The minimum Gasteiger partial charge on any atom is -0.395 e. The van der Waals surface area contributed by atoms with Crippen LogP contribution >= 0.6 is 0 Å². The third-order valence-electron chi connectivity index (χ3n) is 5.96. The van der Waals surface area contributed by atoms with Crippen molar-refractivity contribution in [3.8, 4) is 5.69 Å². The van der Waals surface area contributed by atoms with Gasteiger partial charge in [0.1, 0.15) is 0 Å². The number of benzene rings is 1. The van der Waals surface area contributed by atoms with Crippen LogP contribution in [-0.4, -0.2) is 51.2 Å². The zero-order valence-electron chi connectivity index (χ0n) is 15.4. The molecular weight excluding hydrogens is 330 g/mol. The Morgan fingerprint density at radius 2 is 2.00 bits per heavy atom. The van der Waals surface area contributed by atoms with Gasteiger partial charge in [-0.1, -0.05) is 18.2 Å². The van der Waals surface area contributed by atoms with Crippen molar-refractivity contribution in [1.82, 2.24) is 25.1 Å².